The Hall–Kier alpha value is -3.15. The molecule has 1 heterocycles. The van der Waals surface area contributed by atoms with Crippen LogP contribution in [0, 0.1) is 11.8 Å². The molecule has 2 rings (SSSR count). The van der Waals surface area contributed by atoms with E-state index in [1.54, 1.807) is 4.90 Å². The zero-order valence-corrected chi connectivity index (χ0v) is 17.5. The number of aliphatic carboxylic acids is 1. The van der Waals surface area contributed by atoms with E-state index in [2.05, 4.69) is 16.6 Å². The molecule has 0 bridgehead atoms. The molecule has 0 unspecified atom stereocenters. The summed E-state index contributed by atoms with van der Waals surface area (Å²) in [6.07, 6.45) is -23.1. The van der Waals surface area contributed by atoms with Gasteiger partial charge in [-0.2, -0.15) is 39.5 Å². The first kappa shape index (κ1) is 28.1. The Labute approximate surface area is 192 Å². The van der Waals surface area contributed by atoms with Gasteiger partial charge in [0.15, 0.2) is 0 Å². The molecule has 0 radical (unpaired) electrons. The molecule has 1 amide bonds. The number of amides is 1. The molecule has 35 heavy (non-hydrogen) atoms. The summed E-state index contributed by atoms with van der Waals surface area (Å²) < 4.78 is 118. The van der Waals surface area contributed by atoms with Crippen LogP contribution in [0.15, 0.2) is 18.2 Å². The number of benzene rings is 1. The van der Waals surface area contributed by atoms with Crippen molar-refractivity contribution in [2.45, 2.75) is 37.6 Å². The van der Waals surface area contributed by atoms with Crippen LogP contribution in [0.4, 0.5) is 44.3 Å². The Morgan fingerprint density at radius 3 is 2.03 bits per heavy atom. The molecule has 1 N–H and O–H groups in total. The molecule has 1 aromatic rings. The van der Waals surface area contributed by atoms with Gasteiger partial charge in [-0.1, -0.05) is 17.9 Å². The first-order valence-corrected chi connectivity index (χ1v) is 9.70. The van der Waals surface area contributed by atoms with Crippen molar-refractivity contribution in [1.29, 1.82) is 0 Å². The third-order valence-corrected chi connectivity index (χ3v) is 4.74. The number of rotatable bonds is 4. The Bertz CT molecular complexity index is 972. The molecule has 0 atom stereocenters. The fourth-order valence-corrected chi connectivity index (χ4v) is 3.05. The average molecular weight is 520 g/mol. The molecule has 1 saturated heterocycles. The normalized spacial score (nSPS) is 15.5. The van der Waals surface area contributed by atoms with Gasteiger partial charge in [0.05, 0.1) is 5.56 Å². The van der Waals surface area contributed by atoms with Gasteiger partial charge in [0.25, 0.3) is 6.10 Å². The molecule has 0 aromatic heterocycles. The van der Waals surface area contributed by atoms with Crippen molar-refractivity contribution in [1.82, 2.24) is 9.80 Å². The van der Waals surface area contributed by atoms with E-state index >= 15 is 0 Å². The van der Waals surface area contributed by atoms with Crippen molar-refractivity contribution in [2.24, 2.45) is 0 Å². The number of carboxylic acid groups (broad SMARTS) is 1. The van der Waals surface area contributed by atoms with Gasteiger partial charge in [0.1, 0.15) is 6.42 Å². The standard InChI is InChI=1S/C20H17F9N2O4/c21-18(22,23)14-5-4-13(12(10-14)2-1-3-15(32)33)11-30-6-8-31(9-7-30)17(34)35-16(19(24,25)26)20(27,28)29/h4-5,10,16H,3,6-9,11H2,(H,32,33). The van der Waals surface area contributed by atoms with Gasteiger partial charge in [-0.25, -0.2) is 4.79 Å². The molecule has 1 aliphatic heterocycles. The second-order valence-electron chi connectivity index (χ2n) is 7.35. The maximum Gasteiger partial charge on any atom is 0.434 e. The van der Waals surface area contributed by atoms with Crippen LogP contribution < -0.4 is 0 Å². The van der Waals surface area contributed by atoms with E-state index in [1.165, 1.54) is 0 Å². The number of hydrogen-bond donors (Lipinski definition) is 1. The Balaban J connectivity index is 2.08. The zero-order chi connectivity index (χ0) is 26.6. The predicted octanol–water partition coefficient (Wildman–Crippen LogP) is 4.28. The van der Waals surface area contributed by atoms with Crippen LogP contribution in [0.1, 0.15) is 23.1 Å². The zero-order valence-electron chi connectivity index (χ0n) is 17.5. The number of piperazine rings is 1. The van der Waals surface area contributed by atoms with Crippen molar-refractivity contribution in [3.8, 4) is 11.8 Å². The van der Waals surface area contributed by atoms with Crippen molar-refractivity contribution >= 4 is 12.1 Å². The van der Waals surface area contributed by atoms with E-state index in [4.69, 9.17) is 5.11 Å². The Morgan fingerprint density at radius 1 is 0.971 bits per heavy atom. The lowest BCUT2D eigenvalue weighted by molar-refractivity contribution is -0.308. The number of ether oxygens (including phenoxy) is 1. The summed E-state index contributed by atoms with van der Waals surface area (Å²) in [6.45, 7) is -0.711. The maximum absolute atomic E-state index is 13.0. The highest BCUT2D eigenvalue weighted by molar-refractivity contribution is 5.70. The molecule has 194 valence electrons. The Kier molecular flexibility index (Phi) is 8.53. The monoisotopic (exact) mass is 520 g/mol. The minimum atomic E-state index is -5.85. The summed E-state index contributed by atoms with van der Waals surface area (Å²) in [4.78, 5) is 24.7. The summed E-state index contributed by atoms with van der Waals surface area (Å²) in [5.74, 6) is 3.32. The summed E-state index contributed by atoms with van der Waals surface area (Å²) in [7, 11) is 0. The smallest absolute Gasteiger partial charge is 0.434 e. The Morgan fingerprint density at radius 2 is 1.54 bits per heavy atom. The van der Waals surface area contributed by atoms with Crippen molar-refractivity contribution in [3.05, 3.63) is 34.9 Å². The lowest BCUT2D eigenvalue weighted by Crippen LogP contribution is -2.52. The number of alkyl halides is 9. The number of carbonyl (C=O) groups excluding carboxylic acids is 1. The number of carboxylic acids is 1. The fraction of sp³-hybridized carbons (Fsp3) is 0.500. The number of hydrogen-bond acceptors (Lipinski definition) is 4. The van der Waals surface area contributed by atoms with E-state index in [0.29, 0.717) is 4.90 Å². The molecule has 1 fully saturated rings. The van der Waals surface area contributed by atoms with Crippen LogP contribution in [0.2, 0.25) is 0 Å². The topological polar surface area (TPSA) is 70.1 Å². The summed E-state index contributed by atoms with van der Waals surface area (Å²) >= 11 is 0. The molecule has 0 spiro atoms. The summed E-state index contributed by atoms with van der Waals surface area (Å²) in [6, 6.07) is 2.66. The highest BCUT2D eigenvalue weighted by atomic mass is 19.4. The molecule has 1 aliphatic rings. The predicted molar refractivity (Wildman–Crippen MR) is 99.8 cm³/mol. The maximum atomic E-state index is 13.0. The fourth-order valence-electron chi connectivity index (χ4n) is 3.05. The third kappa shape index (κ3) is 8.23. The van der Waals surface area contributed by atoms with Gasteiger partial charge in [0, 0.05) is 38.3 Å². The number of carbonyl (C=O) groups is 2. The summed E-state index contributed by atoms with van der Waals surface area (Å²) in [5, 5.41) is 8.66. The molecule has 1 aromatic carbocycles. The molecule has 0 saturated carbocycles. The molecular weight excluding hydrogens is 503 g/mol. The molecule has 6 nitrogen and oxygen atoms in total. The van der Waals surface area contributed by atoms with Crippen LogP contribution in [-0.2, 0) is 22.3 Å². The minimum Gasteiger partial charge on any atom is -0.481 e. The lowest BCUT2D eigenvalue weighted by Gasteiger charge is -2.35. The first-order chi connectivity index (χ1) is 16.0. The van der Waals surface area contributed by atoms with Crippen molar-refractivity contribution in [3.63, 3.8) is 0 Å². The van der Waals surface area contributed by atoms with Crippen LogP contribution in [0.25, 0.3) is 0 Å². The van der Waals surface area contributed by atoms with Gasteiger partial charge < -0.3 is 14.7 Å². The van der Waals surface area contributed by atoms with Gasteiger partial charge >= 0.3 is 30.6 Å². The van der Waals surface area contributed by atoms with Gasteiger partial charge in [-0.05, 0) is 17.7 Å². The van der Waals surface area contributed by atoms with Crippen LogP contribution >= 0.6 is 0 Å². The molecule has 0 aliphatic carbocycles. The molecular formula is C20H17F9N2O4. The van der Waals surface area contributed by atoms with Crippen molar-refractivity contribution in [2.75, 3.05) is 26.2 Å². The highest BCUT2D eigenvalue weighted by Crippen LogP contribution is 2.36. The lowest BCUT2D eigenvalue weighted by atomic mass is 10.0. The number of halogens is 9. The van der Waals surface area contributed by atoms with Crippen molar-refractivity contribution < 1.29 is 58.9 Å². The minimum absolute atomic E-state index is 0.0220. The number of nitrogens with zero attached hydrogens (tertiary/aromatic N) is 2. The molecule has 15 heteroatoms. The SMILES string of the molecule is O=C(O)CC#Cc1cc(C(F)(F)F)ccc1CN1CCN(C(=O)OC(C(F)(F)F)C(F)(F)F)CC1. The van der Waals surface area contributed by atoms with E-state index in [9.17, 15) is 49.1 Å². The summed E-state index contributed by atoms with van der Waals surface area (Å²) in [5.41, 5.74) is -0.834. The second-order valence-corrected chi connectivity index (χ2v) is 7.35. The highest BCUT2D eigenvalue weighted by Gasteiger charge is 2.60. The van der Waals surface area contributed by atoms with Gasteiger partial charge in [-0.15, -0.1) is 0 Å². The largest absolute Gasteiger partial charge is 0.481 e. The van der Waals surface area contributed by atoms with Crippen LogP contribution in [0.5, 0.6) is 0 Å². The van der Waals surface area contributed by atoms with Gasteiger partial charge in [-0.3, -0.25) is 9.69 Å². The van der Waals surface area contributed by atoms with Crippen LogP contribution in [0.3, 0.4) is 0 Å². The van der Waals surface area contributed by atoms with Gasteiger partial charge in [0.2, 0.25) is 0 Å². The van der Waals surface area contributed by atoms with E-state index in [1.807, 2.05) is 0 Å². The van der Waals surface area contributed by atoms with Crippen LogP contribution in [-0.4, -0.2) is 71.6 Å². The first-order valence-electron chi connectivity index (χ1n) is 9.70. The van der Waals surface area contributed by atoms with E-state index < -0.39 is 48.7 Å². The third-order valence-electron chi connectivity index (χ3n) is 4.74. The quantitative estimate of drug-likeness (QED) is 0.475. The van der Waals surface area contributed by atoms with E-state index in [-0.39, 0.29) is 43.9 Å². The van der Waals surface area contributed by atoms with E-state index in [0.717, 1.165) is 18.2 Å². The average Bonchev–Trinajstić information content (AvgIpc) is 2.70. The second kappa shape index (κ2) is 10.6.